The summed E-state index contributed by atoms with van der Waals surface area (Å²) in [5.74, 6) is -0.0152. The molecule has 1 aliphatic heterocycles. The second-order valence-electron chi connectivity index (χ2n) is 10.4. The van der Waals surface area contributed by atoms with Crippen molar-refractivity contribution in [3.8, 4) is 17.4 Å². The van der Waals surface area contributed by atoms with Gasteiger partial charge in [-0.2, -0.15) is 13.2 Å². The highest BCUT2D eigenvalue weighted by Crippen LogP contribution is 2.31. The average molecular weight is 620 g/mol. The predicted molar refractivity (Wildman–Crippen MR) is 156 cm³/mol. The second kappa shape index (κ2) is 12.3. The molecule has 0 aliphatic carbocycles. The van der Waals surface area contributed by atoms with Crippen LogP contribution in [0.2, 0.25) is 0 Å². The first-order chi connectivity index (χ1) is 21.6. The molecule has 230 valence electrons. The van der Waals surface area contributed by atoms with Crippen LogP contribution < -0.4 is 14.8 Å². The molecular weight excluding hydrogens is 594 g/mol. The summed E-state index contributed by atoms with van der Waals surface area (Å²) >= 11 is 0. The normalized spacial score (nSPS) is 13.9. The second-order valence-corrected chi connectivity index (χ2v) is 10.4. The van der Waals surface area contributed by atoms with Crippen molar-refractivity contribution in [3.05, 3.63) is 114 Å². The number of furan rings is 1. The maximum Gasteiger partial charge on any atom is 0.416 e. The van der Waals surface area contributed by atoms with E-state index in [1.807, 2.05) is 0 Å². The molecule has 0 unspecified atom stereocenters. The van der Waals surface area contributed by atoms with Crippen molar-refractivity contribution in [2.75, 3.05) is 18.4 Å². The molecule has 5 aromatic rings. The maximum absolute atomic E-state index is 13.2. The molecule has 0 bridgehead atoms. The van der Waals surface area contributed by atoms with E-state index in [2.05, 4.69) is 10.3 Å². The molecule has 8 nitrogen and oxygen atoms in total. The van der Waals surface area contributed by atoms with Crippen LogP contribution in [0.5, 0.6) is 17.4 Å². The summed E-state index contributed by atoms with van der Waals surface area (Å²) in [4.78, 5) is 31.9. The lowest BCUT2D eigenvalue weighted by atomic mass is 10.1. The molecule has 1 aliphatic rings. The summed E-state index contributed by atoms with van der Waals surface area (Å²) in [7, 11) is 0. The third-order valence-corrected chi connectivity index (χ3v) is 7.23. The summed E-state index contributed by atoms with van der Waals surface area (Å²) in [6.45, 7) is 0.839. The number of pyridine rings is 1. The summed E-state index contributed by atoms with van der Waals surface area (Å²) in [5.41, 5.74) is 0.518. The number of hydrogen-bond donors (Lipinski definition) is 1. The Labute approximate surface area is 254 Å². The van der Waals surface area contributed by atoms with E-state index in [-0.39, 0.29) is 29.5 Å². The first-order valence-corrected chi connectivity index (χ1v) is 14.0. The van der Waals surface area contributed by atoms with E-state index in [0.29, 0.717) is 59.7 Å². The first-order valence-electron chi connectivity index (χ1n) is 14.0. The van der Waals surface area contributed by atoms with Gasteiger partial charge in [0.05, 0.1) is 17.4 Å². The van der Waals surface area contributed by atoms with Crippen LogP contribution in [0, 0.1) is 5.82 Å². The topological polar surface area (TPSA) is 93.9 Å². The maximum atomic E-state index is 13.2. The van der Waals surface area contributed by atoms with E-state index in [4.69, 9.17) is 13.9 Å². The number of amides is 2. The van der Waals surface area contributed by atoms with Crippen LogP contribution in [-0.4, -0.2) is 40.9 Å². The molecule has 2 amide bonds. The molecule has 6 rings (SSSR count). The Hall–Kier alpha value is -5.39. The number of rotatable bonds is 7. The fourth-order valence-corrected chi connectivity index (χ4v) is 4.89. The van der Waals surface area contributed by atoms with Crippen molar-refractivity contribution in [1.29, 1.82) is 0 Å². The van der Waals surface area contributed by atoms with Crippen molar-refractivity contribution in [1.82, 2.24) is 9.88 Å². The standard InChI is InChI=1S/C33H25F4N3O5/c34-23-4-9-26(10-5-23)44-30-12-6-24(19-38-30)39-31(41)29-18-21-17-20(1-11-28(21)45-29)32(42)40-15-13-27(14-16-40)43-25-7-2-22(3-8-25)33(35,36)37/h1-12,17-19,27H,13-16H2,(H,39,41). The average Bonchev–Trinajstić information content (AvgIpc) is 3.47. The zero-order valence-electron chi connectivity index (χ0n) is 23.5. The lowest BCUT2D eigenvalue weighted by Crippen LogP contribution is -2.41. The third-order valence-electron chi connectivity index (χ3n) is 7.23. The Kier molecular flexibility index (Phi) is 8.12. The number of carbonyl (C=O) groups is 2. The van der Waals surface area contributed by atoms with E-state index >= 15 is 0 Å². The van der Waals surface area contributed by atoms with E-state index in [1.165, 1.54) is 42.6 Å². The van der Waals surface area contributed by atoms with Gasteiger partial charge in [0, 0.05) is 42.9 Å². The Morgan fingerprint density at radius 1 is 0.889 bits per heavy atom. The molecular formula is C33H25F4N3O5. The van der Waals surface area contributed by atoms with E-state index < -0.39 is 17.6 Å². The molecule has 45 heavy (non-hydrogen) atoms. The molecule has 2 aromatic heterocycles. The van der Waals surface area contributed by atoms with Crippen molar-refractivity contribution in [3.63, 3.8) is 0 Å². The molecule has 3 heterocycles. The zero-order chi connectivity index (χ0) is 31.6. The van der Waals surface area contributed by atoms with Gasteiger partial charge in [-0.05, 0) is 78.9 Å². The lowest BCUT2D eigenvalue weighted by Gasteiger charge is -2.32. The number of anilines is 1. The Balaban J connectivity index is 1.03. The van der Waals surface area contributed by atoms with Gasteiger partial charge in [-0.3, -0.25) is 9.59 Å². The molecule has 12 heteroatoms. The van der Waals surface area contributed by atoms with Gasteiger partial charge in [0.1, 0.15) is 29.0 Å². The summed E-state index contributed by atoms with van der Waals surface area (Å²) in [5, 5.41) is 3.28. The van der Waals surface area contributed by atoms with Crippen LogP contribution in [0.3, 0.4) is 0 Å². The molecule has 3 aromatic carbocycles. The van der Waals surface area contributed by atoms with Gasteiger partial charge < -0.3 is 24.1 Å². The quantitative estimate of drug-likeness (QED) is 0.188. The molecule has 1 fully saturated rings. The van der Waals surface area contributed by atoms with E-state index in [0.717, 1.165) is 12.1 Å². The highest BCUT2D eigenvalue weighted by Gasteiger charge is 2.30. The minimum Gasteiger partial charge on any atom is -0.490 e. The summed E-state index contributed by atoms with van der Waals surface area (Å²) in [6.07, 6.45) is -2.17. The number of aromatic nitrogens is 1. The van der Waals surface area contributed by atoms with Gasteiger partial charge in [0.15, 0.2) is 5.76 Å². The van der Waals surface area contributed by atoms with Gasteiger partial charge in [0.2, 0.25) is 5.88 Å². The van der Waals surface area contributed by atoms with Gasteiger partial charge in [-0.1, -0.05) is 0 Å². The van der Waals surface area contributed by atoms with Gasteiger partial charge in [-0.25, -0.2) is 9.37 Å². The highest BCUT2D eigenvalue weighted by molar-refractivity contribution is 6.05. The smallest absolute Gasteiger partial charge is 0.416 e. The lowest BCUT2D eigenvalue weighted by molar-refractivity contribution is -0.137. The number of hydrogen-bond acceptors (Lipinski definition) is 6. The van der Waals surface area contributed by atoms with Gasteiger partial charge in [-0.15, -0.1) is 0 Å². The Morgan fingerprint density at radius 3 is 2.27 bits per heavy atom. The van der Waals surface area contributed by atoms with Crippen LogP contribution in [0.1, 0.15) is 39.3 Å². The number of halogens is 4. The van der Waals surface area contributed by atoms with Crippen LogP contribution >= 0.6 is 0 Å². The monoisotopic (exact) mass is 619 g/mol. The Morgan fingerprint density at radius 2 is 1.60 bits per heavy atom. The van der Waals surface area contributed by atoms with Crippen molar-refractivity contribution in [2.45, 2.75) is 25.1 Å². The van der Waals surface area contributed by atoms with E-state index in [1.54, 1.807) is 41.3 Å². The van der Waals surface area contributed by atoms with Crippen molar-refractivity contribution in [2.24, 2.45) is 0 Å². The van der Waals surface area contributed by atoms with Crippen molar-refractivity contribution >= 4 is 28.5 Å². The zero-order valence-corrected chi connectivity index (χ0v) is 23.5. The molecule has 0 spiro atoms. The minimum atomic E-state index is -4.41. The predicted octanol–water partition coefficient (Wildman–Crippen LogP) is 7.71. The van der Waals surface area contributed by atoms with Crippen LogP contribution in [0.25, 0.3) is 11.0 Å². The fourth-order valence-electron chi connectivity index (χ4n) is 4.89. The number of carbonyl (C=O) groups excluding carboxylic acids is 2. The molecule has 1 N–H and O–H groups in total. The number of fused-ring (bicyclic) bond motifs is 1. The first kappa shape index (κ1) is 29.7. The summed E-state index contributed by atoms with van der Waals surface area (Å²) < 4.78 is 68.6. The molecule has 0 atom stereocenters. The molecule has 1 saturated heterocycles. The fraction of sp³-hybridized carbons (Fsp3) is 0.182. The largest absolute Gasteiger partial charge is 0.490 e. The van der Waals surface area contributed by atoms with Gasteiger partial charge >= 0.3 is 6.18 Å². The van der Waals surface area contributed by atoms with Crippen molar-refractivity contribution < 1.29 is 41.0 Å². The van der Waals surface area contributed by atoms with E-state index in [9.17, 15) is 27.2 Å². The molecule has 0 radical (unpaired) electrons. The van der Waals surface area contributed by atoms with Gasteiger partial charge in [0.25, 0.3) is 11.8 Å². The number of benzene rings is 3. The number of nitrogens with zero attached hydrogens (tertiary/aromatic N) is 2. The van der Waals surface area contributed by atoms with Crippen LogP contribution in [-0.2, 0) is 6.18 Å². The summed E-state index contributed by atoms with van der Waals surface area (Å²) in [6, 6.07) is 19.7. The van der Waals surface area contributed by atoms with Crippen LogP contribution in [0.4, 0.5) is 23.2 Å². The Bertz CT molecular complexity index is 1810. The minimum absolute atomic E-state index is 0.0440. The number of piperidine rings is 1. The number of likely N-dealkylation sites (tertiary alicyclic amines) is 1. The highest BCUT2D eigenvalue weighted by atomic mass is 19.4. The SMILES string of the molecule is O=C(Nc1ccc(Oc2ccc(F)cc2)nc1)c1cc2cc(C(=O)N3CCC(Oc4ccc(C(F)(F)F)cc4)CC3)ccc2o1. The molecule has 0 saturated carbocycles. The third kappa shape index (κ3) is 7.06. The number of ether oxygens (including phenoxy) is 2. The number of nitrogens with one attached hydrogen (secondary N) is 1. The number of alkyl halides is 3. The van der Waals surface area contributed by atoms with Crippen LogP contribution in [0.15, 0.2) is 95.5 Å².